The molecular weight excluding hydrogens is 240 g/mol. The third kappa shape index (κ3) is 3.08. The van der Waals surface area contributed by atoms with E-state index in [2.05, 4.69) is 32.4 Å². The largest absolute Gasteiger partial charge is 0.399 e. The normalized spacial score (nSPS) is 15.1. The van der Waals surface area contributed by atoms with E-state index in [-0.39, 0.29) is 0 Å². The number of nitrogens with two attached hydrogens (primary N) is 1. The lowest BCUT2D eigenvalue weighted by atomic mass is 10.2. The maximum Gasteiger partial charge on any atom is 0.188 e. The lowest BCUT2D eigenvalue weighted by molar-refractivity contribution is 0.239. The minimum absolute atomic E-state index is 0.654. The van der Waals surface area contributed by atoms with Crippen LogP contribution in [0.2, 0.25) is 0 Å². The lowest BCUT2D eigenvalue weighted by Crippen LogP contribution is -2.25. The smallest absolute Gasteiger partial charge is 0.188 e. The van der Waals surface area contributed by atoms with Crippen LogP contribution in [0.5, 0.6) is 0 Å². The zero-order valence-corrected chi connectivity index (χ0v) is 11.0. The highest BCUT2D eigenvalue weighted by atomic mass is 15.6. The first kappa shape index (κ1) is 12.1. The van der Waals surface area contributed by atoms with Crippen molar-refractivity contribution >= 4 is 5.69 Å². The third-order valence-electron chi connectivity index (χ3n) is 3.32. The topological polar surface area (TPSA) is 72.9 Å². The Labute approximate surface area is 112 Å². The second-order valence-electron chi connectivity index (χ2n) is 5.07. The highest BCUT2D eigenvalue weighted by molar-refractivity contribution is 5.39. The van der Waals surface area contributed by atoms with Crippen LogP contribution in [0.4, 0.5) is 5.69 Å². The summed E-state index contributed by atoms with van der Waals surface area (Å²) < 4.78 is 0. The number of rotatable bonds is 5. The van der Waals surface area contributed by atoms with Crippen molar-refractivity contribution in [1.82, 2.24) is 25.1 Å². The summed E-state index contributed by atoms with van der Waals surface area (Å²) in [7, 11) is 1.79. The van der Waals surface area contributed by atoms with Crippen LogP contribution in [0.1, 0.15) is 24.2 Å². The second kappa shape index (κ2) is 4.97. The predicted molar refractivity (Wildman–Crippen MR) is 71.9 cm³/mol. The maximum absolute atomic E-state index is 5.71. The van der Waals surface area contributed by atoms with Gasteiger partial charge in [-0.2, -0.15) is 4.80 Å². The minimum atomic E-state index is 0.654. The van der Waals surface area contributed by atoms with E-state index in [0.717, 1.165) is 24.6 Å². The van der Waals surface area contributed by atoms with Crippen molar-refractivity contribution in [3.63, 3.8) is 0 Å². The highest BCUT2D eigenvalue weighted by Gasteiger charge is 2.29. The summed E-state index contributed by atoms with van der Waals surface area (Å²) in [5.74, 6) is 0.782. The number of benzene rings is 1. The summed E-state index contributed by atoms with van der Waals surface area (Å²) in [6.45, 7) is 1.66. The van der Waals surface area contributed by atoms with Crippen LogP contribution in [0, 0.1) is 0 Å². The van der Waals surface area contributed by atoms with Crippen molar-refractivity contribution < 1.29 is 0 Å². The van der Waals surface area contributed by atoms with Crippen molar-refractivity contribution in [3.8, 4) is 0 Å². The molecule has 100 valence electrons. The molecule has 6 nitrogen and oxygen atoms in total. The predicted octanol–water partition coefficient (Wildman–Crippen LogP) is 0.957. The van der Waals surface area contributed by atoms with Gasteiger partial charge in [-0.15, -0.1) is 10.2 Å². The van der Waals surface area contributed by atoms with E-state index < -0.39 is 0 Å². The van der Waals surface area contributed by atoms with Gasteiger partial charge in [0, 0.05) is 18.3 Å². The molecule has 0 amide bonds. The van der Waals surface area contributed by atoms with Crippen molar-refractivity contribution in [2.45, 2.75) is 32.0 Å². The number of aromatic nitrogens is 4. The van der Waals surface area contributed by atoms with E-state index in [1.54, 1.807) is 7.05 Å². The maximum atomic E-state index is 5.71. The molecule has 0 aliphatic heterocycles. The van der Waals surface area contributed by atoms with Crippen molar-refractivity contribution in [3.05, 3.63) is 35.7 Å². The van der Waals surface area contributed by atoms with Gasteiger partial charge in [0.1, 0.15) is 0 Å². The second-order valence-corrected chi connectivity index (χ2v) is 5.07. The Morgan fingerprint density at radius 3 is 2.58 bits per heavy atom. The van der Waals surface area contributed by atoms with Crippen LogP contribution < -0.4 is 5.73 Å². The Bertz CT molecular complexity index is 543. The zero-order chi connectivity index (χ0) is 13.2. The highest BCUT2D eigenvalue weighted by Crippen LogP contribution is 2.29. The Hall–Kier alpha value is -1.95. The van der Waals surface area contributed by atoms with Gasteiger partial charge < -0.3 is 5.73 Å². The van der Waals surface area contributed by atoms with E-state index >= 15 is 0 Å². The Morgan fingerprint density at radius 1 is 1.26 bits per heavy atom. The molecule has 1 aliphatic rings. The summed E-state index contributed by atoms with van der Waals surface area (Å²) >= 11 is 0. The van der Waals surface area contributed by atoms with E-state index in [4.69, 9.17) is 5.73 Å². The van der Waals surface area contributed by atoms with Gasteiger partial charge >= 0.3 is 0 Å². The molecule has 0 spiro atoms. The first-order valence-corrected chi connectivity index (χ1v) is 6.52. The van der Waals surface area contributed by atoms with E-state index in [1.807, 2.05) is 12.1 Å². The average Bonchev–Trinajstić information content (AvgIpc) is 3.16. The summed E-state index contributed by atoms with van der Waals surface area (Å²) in [6, 6.07) is 8.70. The summed E-state index contributed by atoms with van der Waals surface area (Å²) in [5, 5.41) is 12.2. The molecule has 2 N–H and O–H groups in total. The summed E-state index contributed by atoms with van der Waals surface area (Å²) in [4.78, 5) is 3.91. The standard InChI is InChI=1S/C13H18N6/c1-18-16-13(15-17-18)9-19(12-6-7-12)8-10-2-4-11(14)5-3-10/h2-5,12H,6-9,14H2,1H3. The Morgan fingerprint density at radius 2 is 2.00 bits per heavy atom. The van der Waals surface area contributed by atoms with Gasteiger partial charge in [0.15, 0.2) is 5.82 Å². The average molecular weight is 258 g/mol. The zero-order valence-electron chi connectivity index (χ0n) is 11.0. The quantitative estimate of drug-likeness (QED) is 0.809. The van der Waals surface area contributed by atoms with Crippen molar-refractivity contribution in [2.75, 3.05) is 5.73 Å². The number of hydrogen-bond donors (Lipinski definition) is 1. The number of nitrogens with zero attached hydrogens (tertiary/aromatic N) is 5. The molecule has 1 fully saturated rings. The molecule has 1 saturated carbocycles. The first-order chi connectivity index (χ1) is 9.20. The SMILES string of the molecule is Cn1nnc(CN(Cc2ccc(N)cc2)C2CC2)n1. The van der Waals surface area contributed by atoms with E-state index in [1.165, 1.54) is 23.2 Å². The fraction of sp³-hybridized carbons (Fsp3) is 0.462. The molecule has 19 heavy (non-hydrogen) atoms. The molecule has 2 aromatic rings. The van der Waals surface area contributed by atoms with Crippen molar-refractivity contribution in [1.29, 1.82) is 0 Å². The molecule has 1 aromatic heterocycles. The van der Waals surface area contributed by atoms with Crippen LogP contribution in [-0.2, 0) is 20.1 Å². The van der Waals surface area contributed by atoms with Gasteiger partial charge in [-0.1, -0.05) is 12.1 Å². The number of nitrogen functional groups attached to an aromatic ring is 1. The Balaban J connectivity index is 1.69. The molecule has 1 aliphatic carbocycles. The summed E-state index contributed by atoms with van der Waals surface area (Å²) in [6.07, 6.45) is 2.52. The van der Waals surface area contributed by atoms with Gasteiger partial charge in [-0.25, -0.2) is 0 Å². The molecule has 1 heterocycles. The number of tetrazole rings is 1. The lowest BCUT2D eigenvalue weighted by Gasteiger charge is -2.20. The number of aryl methyl sites for hydroxylation is 1. The van der Waals surface area contributed by atoms with Gasteiger partial charge in [-0.05, 0) is 35.8 Å². The van der Waals surface area contributed by atoms with Gasteiger partial charge in [-0.3, -0.25) is 4.90 Å². The fourth-order valence-electron chi connectivity index (χ4n) is 2.18. The Kier molecular flexibility index (Phi) is 3.16. The van der Waals surface area contributed by atoms with E-state index in [0.29, 0.717) is 6.04 Å². The summed E-state index contributed by atoms with van der Waals surface area (Å²) in [5.41, 5.74) is 7.78. The molecular formula is C13H18N6. The van der Waals surface area contributed by atoms with Crippen LogP contribution in [0.15, 0.2) is 24.3 Å². The monoisotopic (exact) mass is 258 g/mol. The van der Waals surface area contributed by atoms with Crippen LogP contribution in [0.3, 0.4) is 0 Å². The molecule has 0 unspecified atom stereocenters. The van der Waals surface area contributed by atoms with Gasteiger partial charge in [0.05, 0.1) is 13.6 Å². The van der Waals surface area contributed by atoms with Gasteiger partial charge in [0.2, 0.25) is 0 Å². The molecule has 0 bridgehead atoms. The molecule has 6 heteroatoms. The van der Waals surface area contributed by atoms with Crippen LogP contribution in [-0.4, -0.2) is 31.1 Å². The van der Waals surface area contributed by atoms with E-state index in [9.17, 15) is 0 Å². The molecule has 3 rings (SSSR count). The molecule has 1 aromatic carbocycles. The molecule has 0 radical (unpaired) electrons. The minimum Gasteiger partial charge on any atom is -0.399 e. The molecule has 0 saturated heterocycles. The van der Waals surface area contributed by atoms with Gasteiger partial charge in [0.25, 0.3) is 0 Å². The number of anilines is 1. The van der Waals surface area contributed by atoms with Crippen LogP contribution >= 0.6 is 0 Å². The van der Waals surface area contributed by atoms with Crippen molar-refractivity contribution in [2.24, 2.45) is 7.05 Å². The first-order valence-electron chi connectivity index (χ1n) is 6.52. The fourth-order valence-corrected chi connectivity index (χ4v) is 2.18. The molecule has 0 atom stereocenters. The van der Waals surface area contributed by atoms with Crippen LogP contribution in [0.25, 0.3) is 0 Å². The number of hydrogen-bond acceptors (Lipinski definition) is 5. The third-order valence-corrected chi connectivity index (χ3v) is 3.32.